The van der Waals surface area contributed by atoms with E-state index in [1.54, 1.807) is 3.57 Å². The third kappa shape index (κ3) is 2.86. The first-order valence-electron chi connectivity index (χ1n) is 5.13. The maximum absolute atomic E-state index is 3.54. The van der Waals surface area contributed by atoms with Gasteiger partial charge in [0.25, 0.3) is 0 Å². The summed E-state index contributed by atoms with van der Waals surface area (Å²) in [7, 11) is 0. The molecule has 0 aliphatic carbocycles. The van der Waals surface area contributed by atoms with Crippen LogP contribution in [-0.4, -0.2) is 0 Å². The van der Waals surface area contributed by atoms with Crippen LogP contribution in [0.5, 0.6) is 0 Å². The molecule has 0 unspecified atom stereocenters. The standard InChI is InChI=1S/C14H13BrI/c1-10-8-12(15)9-11(2)14(10)16-13-6-4-3-5-7-13/h3-9H,1-2H3/q+1. The Morgan fingerprint density at radius 3 is 2.06 bits per heavy atom. The molecule has 0 atom stereocenters. The lowest BCUT2D eigenvalue weighted by molar-refractivity contribution is -0.598. The second-order valence-corrected chi connectivity index (χ2v) is 7.52. The molecule has 0 amide bonds. The summed E-state index contributed by atoms with van der Waals surface area (Å²) in [5.74, 6) is 0. The summed E-state index contributed by atoms with van der Waals surface area (Å²) < 4.78 is 4.21. The Morgan fingerprint density at radius 1 is 0.938 bits per heavy atom. The second kappa shape index (κ2) is 5.32. The zero-order valence-corrected chi connectivity index (χ0v) is 13.0. The highest BCUT2D eigenvalue weighted by Crippen LogP contribution is 2.14. The predicted molar refractivity (Wildman–Crippen MR) is 67.5 cm³/mol. The molecular formula is C14H13BrI+. The van der Waals surface area contributed by atoms with Gasteiger partial charge in [-0.2, -0.15) is 0 Å². The van der Waals surface area contributed by atoms with Crippen molar-refractivity contribution in [3.8, 4) is 0 Å². The third-order valence-corrected chi connectivity index (χ3v) is 6.38. The van der Waals surface area contributed by atoms with Gasteiger partial charge in [0.15, 0.2) is 7.14 Å². The molecular weight excluding hydrogens is 375 g/mol. The van der Waals surface area contributed by atoms with Gasteiger partial charge in [-0.05, 0) is 38.1 Å². The van der Waals surface area contributed by atoms with Gasteiger partial charge in [0.2, 0.25) is 0 Å². The molecule has 16 heavy (non-hydrogen) atoms. The highest BCUT2D eigenvalue weighted by atomic mass is 127. The van der Waals surface area contributed by atoms with Gasteiger partial charge in [-0.25, -0.2) is 0 Å². The summed E-state index contributed by atoms with van der Waals surface area (Å²) in [5, 5.41) is 0. The molecule has 0 aliphatic heterocycles. The molecule has 0 saturated heterocycles. The Balaban J connectivity index is 2.35. The normalized spacial score (nSPS) is 10.4. The molecule has 0 spiro atoms. The fraction of sp³-hybridized carbons (Fsp3) is 0.143. The number of rotatable bonds is 2. The highest BCUT2D eigenvalue weighted by molar-refractivity contribution is 9.10. The number of halogens is 2. The summed E-state index contributed by atoms with van der Waals surface area (Å²) in [5.41, 5.74) is 2.81. The number of hydrogen-bond donors (Lipinski definition) is 0. The Kier molecular flexibility index (Phi) is 4.03. The van der Waals surface area contributed by atoms with Gasteiger partial charge < -0.3 is 0 Å². The van der Waals surface area contributed by atoms with Crippen LogP contribution < -0.4 is 21.2 Å². The smallest absolute Gasteiger partial charge is 0.0619 e. The van der Waals surface area contributed by atoms with Crippen molar-refractivity contribution in [3.05, 3.63) is 65.2 Å². The van der Waals surface area contributed by atoms with E-state index >= 15 is 0 Å². The van der Waals surface area contributed by atoms with Crippen molar-refractivity contribution in [1.29, 1.82) is 0 Å². The minimum atomic E-state index is -0.0483. The fourth-order valence-corrected chi connectivity index (χ4v) is 4.88. The van der Waals surface area contributed by atoms with Gasteiger partial charge in [-0.15, -0.1) is 0 Å². The summed E-state index contributed by atoms with van der Waals surface area (Å²) in [6.45, 7) is 4.41. The zero-order valence-electron chi connectivity index (χ0n) is 9.30. The Labute approximate surface area is 115 Å². The van der Waals surface area contributed by atoms with E-state index in [9.17, 15) is 0 Å². The van der Waals surface area contributed by atoms with Gasteiger partial charge in [-0.3, -0.25) is 0 Å². The maximum Gasteiger partial charge on any atom is 0.358 e. The van der Waals surface area contributed by atoms with Crippen molar-refractivity contribution in [2.45, 2.75) is 13.8 Å². The van der Waals surface area contributed by atoms with E-state index in [0.29, 0.717) is 0 Å². The van der Waals surface area contributed by atoms with E-state index in [-0.39, 0.29) is 21.2 Å². The van der Waals surface area contributed by atoms with Crippen LogP contribution >= 0.6 is 15.9 Å². The van der Waals surface area contributed by atoms with Gasteiger partial charge in [0.05, 0.1) is 0 Å². The molecule has 2 heteroatoms. The molecule has 0 radical (unpaired) electrons. The number of benzene rings is 2. The molecule has 0 nitrogen and oxygen atoms in total. The van der Waals surface area contributed by atoms with Crippen molar-refractivity contribution in [3.63, 3.8) is 0 Å². The Hall–Kier alpha value is -0.350. The molecule has 0 fully saturated rings. The molecule has 82 valence electrons. The third-order valence-electron chi connectivity index (χ3n) is 2.34. The summed E-state index contributed by atoms with van der Waals surface area (Å²) >= 11 is 3.50. The molecule has 0 saturated carbocycles. The predicted octanol–water partition coefficient (Wildman–Crippen LogP) is 1.19. The van der Waals surface area contributed by atoms with E-state index in [4.69, 9.17) is 0 Å². The van der Waals surface area contributed by atoms with Crippen LogP contribution in [-0.2, 0) is 0 Å². The van der Waals surface area contributed by atoms with Crippen LogP contribution in [0.25, 0.3) is 0 Å². The molecule has 0 bridgehead atoms. The topological polar surface area (TPSA) is 0 Å². The van der Waals surface area contributed by atoms with Crippen LogP contribution in [0.4, 0.5) is 0 Å². The van der Waals surface area contributed by atoms with Gasteiger partial charge in [-0.1, -0.05) is 34.1 Å². The van der Waals surface area contributed by atoms with Gasteiger partial charge in [0.1, 0.15) is 0 Å². The molecule has 2 rings (SSSR count). The average Bonchev–Trinajstić information content (AvgIpc) is 2.25. The first kappa shape index (κ1) is 12.1. The first-order valence-corrected chi connectivity index (χ1v) is 8.08. The first-order chi connectivity index (χ1) is 7.66. The molecule has 0 aromatic heterocycles. The van der Waals surface area contributed by atoms with Gasteiger partial charge in [0, 0.05) is 15.6 Å². The maximum atomic E-state index is 3.54. The van der Waals surface area contributed by atoms with Crippen molar-refractivity contribution < 1.29 is 21.2 Å². The van der Waals surface area contributed by atoms with E-state index in [1.165, 1.54) is 19.2 Å². The van der Waals surface area contributed by atoms with Crippen molar-refractivity contribution in [2.24, 2.45) is 0 Å². The van der Waals surface area contributed by atoms with E-state index < -0.39 is 0 Å². The van der Waals surface area contributed by atoms with Crippen molar-refractivity contribution in [1.82, 2.24) is 0 Å². The average molecular weight is 388 g/mol. The summed E-state index contributed by atoms with van der Waals surface area (Å²) in [4.78, 5) is 0. The number of aryl methyl sites for hydroxylation is 2. The lowest BCUT2D eigenvalue weighted by Gasteiger charge is -1.99. The zero-order chi connectivity index (χ0) is 11.5. The Bertz CT molecular complexity index is 468. The quantitative estimate of drug-likeness (QED) is 0.679. The molecule has 0 aliphatic rings. The van der Waals surface area contributed by atoms with Crippen LogP contribution in [0.1, 0.15) is 11.1 Å². The van der Waals surface area contributed by atoms with Crippen LogP contribution in [0, 0.1) is 21.0 Å². The minimum Gasteiger partial charge on any atom is -0.0619 e. The lowest BCUT2D eigenvalue weighted by Crippen LogP contribution is -3.62. The lowest BCUT2D eigenvalue weighted by atomic mass is 10.2. The number of hydrogen-bond acceptors (Lipinski definition) is 0. The molecule has 2 aromatic carbocycles. The Morgan fingerprint density at radius 2 is 1.50 bits per heavy atom. The largest absolute Gasteiger partial charge is 0.358 e. The van der Waals surface area contributed by atoms with Crippen LogP contribution in [0.2, 0.25) is 0 Å². The van der Waals surface area contributed by atoms with E-state index in [2.05, 4.69) is 72.2 Å². The summed E-state index contributed by atoms with van der Waals surface area (Å²) in [6.07, 6.45) is 0. The second-order valence-electron chi connectivity index (χ2n) is 3.74. The molecule has 2 aromatic rings. The molecule has 0 N–H and O–H groups in total. The fourth-order valence-electron chi connectivity index (χ4n) is 1.63. The highest BCUT2D eigenvalue weighted by Gasteiger charge is 2.20. The monoisotopic (exact) mass is 387 g/mol. The van der Waals surface area contributed by atoms with Crippen molar-refractivity contribution >= 4 is 15.9 Å². The minimum absolute atomic E-state index is 0.0483. The van der Waals surface area contributed by atoms with Gasteiger partial charge >= 0.3 is 21.2 Å². The van der Waals surface area contributed by atoms with Crippen molar-refractivity contribution in [2.75, 3.05) is 0 Å². The molecule has 0 heterocycles. The van der Waals surface area contributed by atoms with Crippen LogP contribution in [0.15, 0.2) is 46.9 Å². The summed E-state index contributed by atoms with van der Waals surface area (Å²) in [6, 6.07) is 15.2. The van der Waals surface area contributed by atoms with E-state index in [0.717, 1.165) is 0 Å². The SMILES string of the molecule is Cc1cc(Br)cc(C)c1[I+]c1ccccc1. The van der Waals surface area contributed by atoms with E-state index in [1.807, 2.05) is 0 Å². The van der Waals surface area contributed by atoms with Crippen LogP contribution in [0.3, 0.4) is 0 Å².